The third kappa shape index (κ3) is 2.02. The van der Waals surface area contributed by atoms with Crippen molar-refractivity contribution in [1.29, 1.82) is 0 Å². The lowest BCUT2D eigenvalue weighted by molar-refractivity contribution is 0.0594. The van der Waals surface area contributed by atoms with Crippen molar-refractivity contribution in [3.8, 4) is 10.7 Å². The Bertz CT molecular complexity index is 725. The third-order valence-electron chi connectivity index (χ3n) is 2.92. The molecule has 0 spiro atoms. The van der Waals surface area contributed by atoms with Crippen LogP contribution >= 0.6 is 11.3 Å². The second kappa shape index (κ2) is 4.51. The van der Waals surface area contributed by atoms with Crippen LogP contribution in [0.2, 0.25) is 0 Å². The fourth-order valence-corrected chi connectivity index (χ4v) is 2.98. The number of hydrogen-bond donors (Lipinski definition) is 1. The molecule has 0 unspecified atom stereocenters. The van der Waals surface area contributed by atoms with Crippen LogP contribution in [0.3, 0.4) is 0 Å². The number of carbonyl (C=O) groups excluding carboxylic acids is 1. The van der Waals surface area contributed by atoms with Gasteiger partial charge in [-0.25, -0.2) is 9.78 Å². The maximum absolute atomic E-state index is 11.5. The summed E-state index contributed by atoms with van der Waals surface area (Å²) in [5.74, 6) is 0.292. The van der Waals surface area contributed by atoms with Gasteiger partial charge in [-0.05, 0) is 24.4 Å². The molecule has 2 aromatic heterocycles. The van der Waals surface area contributed by atoms with Gasteiger partial charge in [0.25, 0.3) is 0 Å². The zero-order valence-corrected chi connectivity index (χ0v) is 11.4. The Morgan fingerprint density at radius 3 is 2.89 bits per heavy atom. The first-order chi connectivity index (χ1) is 9.19. The van der Waals surface area contributed by atoms with E-state index < -0.39 is 5.97 Å². The lowest BCUT2D eigenvalue weighted by Crippen LogP contribution is -2.03. The lowest BCUT2D eigenvalue weighted by atomic mass is 10.2. The molecule has 0 aliphatic carbocycles. The van der Waals surface area contributed by atoms with Crippen molar-refractivity contribution in [3.05, 3.63) is 41.7 Å². The molecule has 0 fully saturated rings. The van der Waals surface area contributed by atoms with Gasteiger partial charge in [0, 0.05) is 10.4 Å². The molecule has 19 heavy (non-hydrogen) atoms. The van der Waals surface area contributed by atoms with Crippen molar-refractivity contribution in [2.75, 3.05) is 7.11 Å². The van der Waals surface area contributed by atoms with Gasteiger partial charge in [0.1, 0.15) is 5.82 Å². The number of H-pyrrole nitrogens is 1. The summed E-state index contributed by atoms with van der Waals surface area (Å²) in [4.78, 5) is 20.0. The quantitative estimate of drug-likeness (QED) is 0.727. The molecule has 0 aliphatic rings. The van der Waals surface area contributed by atoms with E-state index in [2.05, 4.69) is 28.2 Å². The van der Waals surface area contributed by atoms with Gasteiger partial charge in [0.2, 0.25) is 0 Å². The Kier molecular flexibility index (Phi) is 2.83. The molecular weight excluding hydrogens is 260 g/mol. The highest BCUT2D eigenvalue weighted by Crippen LogP contribution is 2.32. The molecule has 0 saturated carbocycles. The zero-order valence-electron chi connectivity index (χ0n) is 10.6. The summed E-state index contributed by atoms with van der Waals surface area (Å²) in [6, 6.07) is 10.2. The zero-order chi connectivity index (χ0) is 13.4. The molecule has 3 aromatic rings. The molecule has 3 rings (SSSR count). The molecule has 0 bridgehead atoms. The first kappa shape index (κ1) is 11.9. The van der Waals surface area contributed by atoms with E-state index in [-0.39, 0.29) is 0 Å². The van der Waals surface area contributed by atoms with E-state index in [0.29, 0.717) is 11.5 Å². The molecule has 96 valence electrons. The third-order valence-corrected chi connectivity index (χ3v) is 4.05. The van der Waals surface area contributed by atoms with Crippen LogP contribution in [-0.2, 0) is 4.74 Å². The number of imidazole rings is 1. The van der Waals surface area contributed by atoms with Crippen LogP contribution in [0.5, 0.6) is 0 Å². The van der Waals surface area contributed by atoms with E-state index in [1.165, 1.54) is 17.2 Å². The summed E-state index contributed by atoms with van der Waals surface area (Å²) < 4.78 is 5.91. The average molecular weight is 272 g/mol. The van der Waals surface area contributed by atoms with E-state index in [9.17, 15) is 4.79 Å². The number of benzene rings is 1. The molecule has 0 aliphatic heterocycles. The number of nitrogens with zero attached hydrogens (tertiary/aromatic N) is 1. The molecule has 5 heteroatoms. The van der Waals surface area contributed by atoms with Gasteiger partial charge >= 0.3 is 5.97 Å². The molecular formula is C14H12N2O2S. The van der Waals surface area contributed by atoms with Crippen LogP contribution < -0.4 is 0 Å². The Morgan fingerprint density at radius 1 is 1.37 bits per heavy atom. The Labute approximate surface area is 114 Å². The van der Waals surface area contributed by atoms with E-state index in [4.69, 9.17) is 4.74 Å². The van der Waals surface area contributed by atoms with Gasteiger partial charge in [-0.3, -0.25) is 0 Å². The minimum Gasteiger partial charge on any atom is -0.464 e. The molecule has 1 N–H and O–H groups in total. The fourth-order valence-electron chi connectivity index (χ4n) is 1.97. The predicted octanol–water partition coefficient (Wildman–Crippen LogP) is 3.39. The molecule has 0 saturated heterocycles. The smallest absolute Gasteiger partial charge is 0.358 e. The molecule has 2 heterocycles. The normalized spacial score (nSPS) is 10.8. The molecule has 4 nitrogen and oxygen atoms in total. The second-order valence-corrected chi connectivity index (χ2v) is 5.28. The summed E-state index contributed by atoms with van der Waals surface area (Å²) in [5.41, 5.74) is 1.06. The minimum absolute atomic E-state index is 0.343. The van der Waals surface area contributed by atoms with Gasteiger partial charge in [-0.1, -0.05) is 18.2 Å². The van der Waals surface area contributed by atoms with Crippen molar-refractivity contribution in [1.82, 2.24) is 9.97 Å². The van der Waals surface area contributed by atoms with E-state index in [0.717, 1.165) is 10.6 Å². The number of esters is 1. The van der Waals surface area contributed by atoms with Gasteiger partial charge < -0.3 is 9.72 Å². The highest BCUT2D eigenvalue weighted by molar-refractivity contribution is 7.22. The van der Waals surface area contributed by atoms with E-state index in [1.54, 1.807) is 11.3 Å². The largest absolute Gasteiger partial charge is 0.464 e. The monoisotopic (exact) mass is 272 g/mol. The van der Waals surface area contributed by atoms with Crippen molar-refractivity contribution >= 4 is 27.4 Å². The molecule has 0 radical (unpaired) electrons. The van der Waals surface area contributed by atoms with Gasteiger partial charge in [0.05, 0.1) is 12.0 Å². The predicted molar refractivity (Wildman–Crippen MR) is 75.5 cm³/mol. The summed E-state index contributed by atoms with van der Waals surface area (Å²) >= 11 is 1.65. The first-order valence-electron chi connectivity index (χ1n) is 5.83. The van der Waals surface area contributed by atoms with Crippen LogP contribution in [0.15, 0.2) is 30.3 Å². The first-order valence-corrected chi connectivity index (χ1v) is 6.64. The number of thiophene rings is 1. The number of aromatic nitrogens is 2. The number of ether oxygens (including phenoxy) is 1. The van der Waals surface area contributed by atoms with Gasteiger partial charge in [-0.15, -0.1) is 11.3 Å². The van der Waals surface area contributed by atoms with Gasteiger partial charge in [0.15, 0.2) is 5.69 Å². The topological polar surface area (TPSA) is 55.0 Å². The number of hydrogen-bond acceptors (Lipinski definition) is 4. The maximum atomic E-state index is 11.5. The fraction of sp³-hybridized carbons (Fsp3) is 0.143. The maximum Gasteiger partial charge on any atom is 0.358 e. The number of fused-ring (bicyclic) bond motifs is 1. The Morgan fingerprint density at radius 2 is 2.16 bits per heavy atom. The lowest BCUT2D eigenvalue weighted by Gasteiger charge is -1.93. The standard InChI is InChI=1S/C14H12N2O2S/c1-8-12(14(17)18-2)16-13(15-8)11-7-9-5-3-4-6-10(9)19-11/h3-7H,1-2H3,(H,15,16). The van der Waals surface area contributed by atoms with Crippen molar-refractivity contribution in [3.63, 3.8) is 0 Å². The second-order valence-electron chi connectivity index (χ2n) is 4.20. The van der Waals surface area contributed by atoms with Crippen molar-refractivity contribution < 1.29 is 9.53 Å². The number of carbonyl (C=O) groups is 1. The van der Waals surface area contributed by atoms with Crippen LogP contribution in [0.4, 0.5) is 0 Å². The summed E-state index contributed by atoms with van der Waals surface area (Å²) in [5, 5.41) is 1.18. The molecule has 0 amide bonds. The summed E-state index contributed by atoms with van der Waals surface area (Å²) in [7, 11) is 1.36. The Hall–Kier alpha value is -2.14. The number of methoxy groups -OCH3 is 1. The summed E-state index contributed by atoms with van der Waals surface area (Å²) in [6.45, 7) is 1.82. The molecule has 1 aromatic carbocycles. The van der Waals surface area contributed by atoms with Crippen LogP contribution in [0.1, 0.15) is 16.2 Å². The number of aromatic amines is 1. The number of nitrogens with one attached hydrogen (secondary N) is 1. The van der Waals surface area contributed by atoms with Crippen molar-refractivity contribution in [2.45, 2.75) is 6.92 Å². The number of rotatable bonds is 2. The van der Waals surface area contributed by atoms with Crippen LogP contribution in [-0.4, -0.2) is 23.0 Å². The minimum atomic E-state index is -0.416. The SMILES string of the molecule is COC(=O)c1nc(-c2cc3ccccc3s2)[nH]c1C. The van der Waals surface area contributed by atoms with E-state index in [1.807, 2.05) is 19.1 Å². The highest BCUT2D eigenvalue weighted by Gasteiger charge is 2.17. The van der Waals surface area contributed by atoms with Crippen molar-refractivity contribution in [2.24, 2.45) is 0 Å². The number of aryl methyl sites for hydroxylation is 1. The molecule has 0 atom stereocenters. The summed E-state index contributed by atoms with van der Waals surface area (Å²) in [6.07, 6.45) is 0. The van der Waals surface area contributed by atoms with Crippen LogP contribution in [0, 0.1) is 6.92 Å². The Balaban J connectivity index is 2.09. The van der Waals surface area contributed by atoms with E-state index >= 15 is 0 Å². The average Bonchev–Trinajstić information content (AvgIpc) is 3.00. The van der Waals surface area contributed by atoms with Crippen LogP contribution in [0.25, 0.3) is 20.8 Å². The highest BCUT2D eigenvalue weighted by atomic mass is 32.1. The van der Waals surface area contributed by atoms with Gasteiger partial charge in [-0.2, -0.15) is 0 Å².